The van der Waals surface area contributed by atoms with Crippen LogP contribution in [-0.2, 0) is 10.8 Å². The summed E-state index contributed by atoms with van der Waals surface area (Å²) in [5, 5.41) is 0. The number of rotatable bonds is 7. The van der Waals surface area contributed by atoms with E-state index < -0.39 is 10.8 Å². The van der Waals surface area contributed by atoms with Gasteiger partial charge in [0.2, 0.25) is 0 Å². The van der Waals surface area contributed by atoms with Crippen LogP contribution >= 0.6 is 0 Å². The Labute approximate surface area is 78.4 Å². The topological polar surface area (TPSA) is 43.1 Å². The van der Waals surface area contributed by atoms with Crippen molar-refractivity contribution in [3.8, 4) is 0 Å². The van der Waals surface area contributed by atoms with Crippen LogP contribution in [0.1, 0.15) is 39.5 Å². The van der Waals surface area contributed by atoms with Gasteiger partial charge in [0.05, 0.1) is 0 Å². The molecule has 0 saturated heterocycles. The van der Waals surface area contributed by atoms with Crippen molar-refractivity contribution in [1.29, 1.82) is 0 Å². The standard InChI is InChI=1S/C9H21NOS/c1-3-5-7-12(11)8-9(10)6-4-2/h9H,3-8,10H2,1-2H3. The Balaban J connectivity index is 3.40. The minimum absolute atomic E-state index is 0.146. The second-order valence-corrected chi connectivity index (χ2v) is 4.83. The predicted octanol–water partition coefficient (Wildman–Crippen LogP) is 1.66. The molecule has 0 bridgehead atoms. The van der Waals surface area contributed by atoms with E-state index in [9.17, 15) is 4.21 Å². The van der Waals surface area contributed by atoms with Gasteiger partial charge in [-0.2, -0.15) is 0 Å². The van der Waals surface area contributed by atoms with Gasteiger partial charge in [-0.3, -0.25) is 4.21 Å². The summed E-state index contributed by atoms with van der Waals surface area (Å²) in [5.74, 6) is 1.52. The third kappa shape index (κ3) is 6.80. The van der Waals surface area contributed by atoms with Gasteiger partial charge in [-0.05, 0) is 12.8 Å². The number of hydrogen-bond acceptors (Lipinski definition) is 2. The first-order valence-electron chi connectivity index (χ1n) is 4.81. The van der Waals surface area contributed by atoms with Gasteiger partial charge in [0.1, 0.15) is 0 Å². The van der Waals surface area contributed by atoms with Crippen molar-refractivity contribution in [3.63, 3.8) is 0 Å². The lowest BCUT2D eigenvalue weighted by atomic mass is 10.2. The Morgan fingerprint density at radius 1 is 1.33 bits per heavy atom. The van der Waals surface area contributed by atoms with Crippen LogP contribution in [0, 0.1) is 0 Å². The van der Waals surface area contributed by atoms with Crippen LogP contribution in [0.2, 0.25) is 0 Å². The van der Waals surface area contributed by atoms with E-state index in [1.54, 1.807) is 0 Å². The van der Waals surface area contributed by atoms with E-state index in [0.29, 0.717) is 5.75 Å². The van der Waals surface area contributed by atoms with Gasteiger partial charge in [0.15, 0.2) is 0 Å². The first kappa shape index (κ1) is 12.1. The normalized spacial score (nSPS) is 15.9. The molecule has 0 heterocycles. The summed E-state index contributed by atoms with van der Waals surface area (Å²) < 4.78 is 11.3. The zero-order chi connectivity index (χ0) is 9.40. The Morgan fingerprint density at radius 2 is 2.00 bits per heavy atom. The first-order valence-corrected chi connectivity index (χ1v) is 6.30. The van der Waals surface area contributed by atoms with Gasteiger partial charge in [-0.15, -0.1) is 0 Å². The Hall–Kier alpha value is 0.110. The molecule has 0 saturated carbocycles. The van der Waals surface area contributed by atoms with Gasteiger partial charge in [0.25, 0.3) is 0 Å². The molecule has 0 aromatic carbocycles. The summed E-state index contributed by atoms with van der Waals surface area (Å²) in [6.45, 7) is 4.22. The largest absolute Gasteiger partial charge is 0.327 e. The molecule has 2 nitrogen and oxygen atoms in total. The molecule has 0 radical (unpaired) electrons. The Morgan fingerprint density at radius 3 is 2.50 bits per heavy atom. The number of nitrogens with two attached hydrogens (primary N) is 1. The lowest BCUT2D eigenvalue weighted by Crippen LogP contribution is -2.27. The molecule has 74 valence electrons. The summed E-state index contributed by atoms with van der Waals surface area (Å²) in [6, 6.07) is 0.146. The molecule has 2 N–H and O–H groups in total. The lowest BCUT2D eigenvalue weighted by Gasteiger charge is -2.08. The van der Waals surface area contributed by atoms with E-state index in [-0.39, 0.29) is 6.04 Å². The third-order valence-electron chi connectivity index (χ3n) is 1.78. The fraction of sp³-hybridized carbons (Fsp3) is 1.00. The highest BCUT2D eigenvalue weighted by Gasteiger charge is 2.05. The molecule has 0 aliphatic rings. The summed E-state index contributed by atoms with van der Waals surface area (Å²) in [5.41, 5.74) is 5.76. The van der Waals surface area contributed by atoms with Gasteiger partial charge in [-0.1, -0.05) is 26.7 Å². The molecule has 0 rings (SSSR count). The monoisotopic (exact) mass is 191 g/mol. The molecule has 0 aliphatic carbocycles. The zero-order valence-corrected chi connectivity index (χ0v) is 9.03. The molecule has 3 heteroatoms. The maximum atomic E-state index is 11.3. The number of hydrogen-bond donors (Lipinski definition) is 1. The van der Waals surface area contributed by atoms with Crippen molar-refractivity contribution in [1.82, 2.24) is 0 Å². The molecule has 0 aliphatic heterocycles. The summed E-state index contributed by atoms with van der Waals surface area (Å²) in [4.78, 5) is 0. The van der Waals surface area contributed by atoms with E-state index in [4.69, 9.17) is 5.73 Å². The lowest BCUT2D eigenvalue weighted by molar-refractivity contribution is 0.636. The molecule has 0 aromatic rings. The molecule has 0 spiro atoms. The fourth-order valence-electron chi connectivity index (χ4n) is 1.08. The van der Waals surface area contributed by atoms with Crippen LogP contribution < -0.4 is 5.73 Å². The third-order valence-corrected chi connectivity index (χ3v) is 3.33. The van der Waals surface area contributed by atoms with Gasteiger partial charge < -0.3 is 5.73 Å². The maximum absolute atomic E-state index is 11.3. The van der Waals surface area contributed by atoms with E-state index in [0.717, 1.165) is 31.4 Å². The Kier molecular flexibility index (Phi) is 7.81. The van der Waals surface area contributed by atoms with E-state index >= 15 is 0 Å². The van der Waals surface area contributed by atoms with Crippen LogP contribution in [0.5, 0.6) is 0 Å². The van der Waals surface area contributed by atoms with Crippen LogP contribution in [-0.4, -0.2) is 21.8 Å². The van der Waals surface area contributed by atoms with E-state index in [1.165, 1.54) is 0 Å². The molecular formula is C9H21NOS. The SMILES string of the molecule is CCCCS(=O)CC(N)CCC. The van der Waals surface area contributed by atoms with Crippen molar-refractivity contribution in [3.05, 3.63) is 0 Å². The minimum Gasteiger partial charge on any atom is -0.327 e. The fourth-order valence-corrected chi connectivity index (χ4v) is 2.50. The number of unbranched alkanes of at least 4 members (excludes halogenated alkanes) is 1. The molecule has 2 atom stereocenters. The zero-order valence-electron chi connectivity index (χ0n) is 8.21. The van der Waals surface area contributed by atoms with Crippen LogP contribution in [0.15, 0.2) is 0 Å². The van der Waals surface area contributed by atoms with Crippen LogP contribution in [0.4, 0.5) is 0 Å². The van der Waals surface area contributed by atoms with Gasteiger partial charge in [0, 0.05) is 28.3 Å². The van der Waals surface area contributed by atoms with E-state index in [2.05, 4.69) is 13.8 Å². The molecule has 0 fully saturated rings. The van der Waals surface area contributed by atoms with Crippen LogP contribution in [0.25, 0.3) is 0 Å². The molecule has 12 heavy (non-hydrogen) atoms. The first-order chi connectivity index (χ1) is 5.70. The van der Waals surface area contributed by atoms with Crippen molar-refractivity contribution >= 4 is 10.8 Å². The van der Waals surface area contributed by atoms with Crippen molar-refractivity contribution < 1.29 is 4.21 Å². The predicted molar refractivity (Wildman–Crippen MR) is 55.7 cm³/mol. The molecule has 2 unspecified atom stereocenters. The van der Waals surface area contributed by atoms with Crippen molar-refractivity contribution in [2.45, 2.75) is 45.6 Å². The van der Waals surface area contributed by atoms with Crippen LogP contribution in [0.3, 0.4) is 0 Å². The highest BCUT2D eigenvalue weighted by Crippen LogP contribution is 1.98. The van der Waals surface area contributed by atoms with E-state index in [1.807, 2.05) is 0 Å². The molecule has 0 amide bonds. The average molecular weight is 191 g/mol. The second-order valence-electron chi connectivity index (χ2n) is 3.21. The summed E-state index contributed by atoms with van der Waals surface area (Å²) in [7, 11) is -0.676. The Bertz CT molecular complexity index is 128. The molecular weight excluding hydrogens is 170 g/mol. The van der Waals surface area contributed by atoms with Gasteiger partial charge in [-0.25, -0.2) is 0 Å². The summed E-state index contributed by atoms with van der Waals surface area (Å²) in [6.07, 6.45) is 4.27. The van der Waals surface area contributed by atoms with Gasteiger partial charge >= 0.3 is 0 Å². The second kappa shape index (κ2) is 7.74. The summed E-state index contributed by atoms with van der Waals surface area (Å²) >= 11 is 0. The van der Waals surface area contributed by atoms with Crippen molar-refractivity contribution in [2.75, 3.05) is 11.5 Å². The average Bonchev–Trinajstić information content (AvgIpc) is 2.01. The smallest absolute Gasteiger partial charge is 0.0386 e. The quantitative estimate of drug-likeness (QED) is 0.665. The maximum Gasteiger partial charge on any atom is 0.0386 e. The highest BCUT2D eigenvalue weighted by molar-refractivity contribution is 7.85. The highest BCUT2D eigenvalue weighted by atomic mass is 32.2. The molecule has 0 aromatic heterocycles. The van der Waals surface area contributed by atoms with Crippen molar-refractivity contribution in [2.24, 2.45) is 5.73 Å². The minimum atomic E-state index is -0.676.